The summed E-state index contributed by atoms with van der Waals surface area (Å²) >= 11 is 2.77. The van der Waals surface area contributed by atoms with E-state index in [-0.39, 0.29) is 16.7 Å². The minimum Gasteiger partial charge on any atom is -0.493 e. The molecule has 0 saturated carbocycles. The van der Waals surface area contributed by atoms with Crippen LogP contribution >= 0.6 is 22.7 Å². The van der Waals surface area contributed by atoms with Crippen LogP contribution in [-0.2, 0) is 0 Å². The number of methoxy groups -OCH3 is 3. The van der Waals surface area contributed by atoms with E-state index >= 15 is 0 Å². The highest BCUT2D eigenvalue weighted by Crippen LogP contribution is 2.43. The minimum absolute atomic E-state index is 0.176. The standard InChI is InChI=1S/C30H24N6O6S2/c1-40-21-11-17(12-22(41-2)23(21)42-3)33-30-35-25(31)24(44-30)29-34-20(13-43-29)14-5-4-6-16(9-14)32-26(37)15-7-8-18-19(10-15)28(39)36-27(18)38/h4-13H,31H2,1-3H3,(H,32,37)(H,33,35)(H,36,38,39). The zero-order valence-electron chi connectivity index (χ0n) is 23.5. The van der Waals surface area contributed by atoms with Gasteiger partial charge in [-0.1, -0.05) is 23.5 Å². The maximum Gasteiger partial charge on any atom is 0.258 e. The average molecular weight is 629 g/mol. The van der Waals surface area contributed by atoms with Crippen molar-refractivity contribution in [2.75, 3.05) is 37.7 Å². The van der Waals surface area contributed by atoms with Crippen LogP contribution in [0, 0.1) is 0 Å². The molecule has 0 aliphatic carbocycles. The summed E-state index contributed by atoms with van der Waals surface area (Å²) in [6, 6.07) is 15.2. The van der Waals surface area contributed by atoms with Gasteiger partial charge in [-0.3, -0.25) is 19.7 Å². The Labute approximate surface area is 258 Å². The topological polar surface area (TPSA) is 167 Å². The molecule has 12 nitrogen and oxygen atoms in total. The number of carbonyl (C=O) groups excluding carboxylic acids is 3. The van der Waals surface area contributed by atoms with Gasteiger partial charge in [0.15, 0.2) is 16.6 Å². The highest BCUT2D eigenvalue weighted by molar-refractivity contribution is 7.23. The Balaban J connectivity index is 1.19. The molecule has 222 valence electrons. The number of nitrogens with two attached hydrogens (primary N) is 1. The number of ether oxygens (including phenoxy) is 3. The van der Waals surface area contributed by atoms with Gasteiger partial charge in [0.2, 0.25) is 5.75 Å². The molecule has 0 atom stereocenters. The maximum atomic E-state index is 12.9. The lowest BCUT2D eigenvalue weighted by molar-refractivity contribution is 0.0879. The third-order valence-corrected chi connectivity index (χ3v) is 8.66. The molecule has 0 unspecified atom stereocenters. The minimum atomic E-state index is -0.522. The average Bonchev–Trinajstić information content (AvgIpc) is 3.73. The number of nitrogens with one attached hydrogen (secondary N) is 3. The van der Waals surface area contributed by atoms with Gasteiger partial charge >= 0.3 is 0 Å². The number of anilines is 4. The second kappa shape index (κ2) is 11.7. The molecule has 5 N–H and O–H groups in total. The van der Waals surface area contributed by atoms with Crippen molar-refractivity contribution in [3.8, 4) is 38.4 Å². The first-order valence-corrected chi connectivity index (χ1v) is 14.7. The van der Waals surface area contributed by atoms with Gasteiger partial charge in [-0.2, -0.15) is 0 Å². The van der Waals surface area contributed by atoms with Gasteiger partial charge in [0.05, 0.1) is 38.2 Å². The van der Waals surface area contributed by atoms with E-state index in [1.165, 1.54) is 48.0 Å². The Hall–Kier alpha value is -5.47. The first-order valence-electron chi connectivity index (χ1n) is 13.0. The second-order valence-electron chi connectivity index (χ2n) is 9.39. The molecular formula is C30H24N6O6S2. The van der Waals surface area contributed by atoms with Crippen LogP contribution < -0.4 is 35.9 Å². The predicted octanol–water partition coefficient (Wildman–Crippen LogP) is 5.42. The van der Waals surface area contributed by atoms with Crippen molar-refractivity contribution in [2.45, 2.75) is 0 Å². The maximum absolute atomic E-state index is 12.9. The first-order chi connectivity index (χ1) is 21.3. The van der Waals surface area contributed by atoms with E-state index in [1.807, 2.05) is 11.4 Å². The molecular weight excluding hydrogens is 605 g/mol. The van der Waals surface area contributed by atoms with Gasteiger partial charge in [-0.15, -0.1) is 11.3 Å². The summed E-state index contributed by atoms with van der Waals surface area (Å²) in [5.74, 6) is 0.396. The number of nitrogen functional groups attached to an aromatic ring is 1. The van der Waals surface area contributed by atoms with Crippen LogP contribution in [0.4, 0.5) is 22.3 Å². The summed E-state index contributed by atoms with van der Waals surface area (Å²) < 4.78 is 16.3. The summed E-state index contributed by atoms with van der Waals surface area (Å²) in [5.41, 5.74) is 9.65. The molecule has 0 bridgehead atoms. The fourth-order valence-electron chi connectivity index (χ4n) is 4.59. The summed E-state index contributed by atoms with van der Waals surface area (Å²) in [4.78, 5) is 46.7. The zero-order valence-corrected chi connectivity index (χ0v) is 25.1. The molecule has 6 rings (SSSR count). The van der Waals surface area contributed by atoms with Crippen molar-refractivity contribution in [2.24, 2.45) is 0 Å². The number of thiazole rings is 2. The predicted molar refractivity (Wildman–Crippen MR) is 169 cm³/mol. The molecule has 0 fully saturated rings. The van der Waals surface area contributed by atoms with E-state index in [0.717, 1.165) is 5.56 Å². The summed E-state index contributed by atoms with van der Waals surface area (Å²) in [7, 11) is 4.63. The molecule has 3 heterocycles. The molecule has 3 amide bonds. The van der Waals surface area contributed by atoms with Gasteiger partial charge in [-0.05, 0) is 30.3 Å². The molecule has 0 spiro atoms. The van der Waals surface area contributed by atoms with Gasteiger partial charge in [-0.25, -0.2) is 9.97 Å². The highest BCUT2D eigenvalue weighted by Gasteiger charge is 2.27. The lowest BCUT2D eigenvalue weighted by Gasteiger charge is -2.14. The Bertz CT molecular complexity index is 1930. The van der Waals surface area contributed by atoms with Crippen LogP contribution in [0.3, 0.4) is 0 Å². The third kappa shape index (κ3) is 5.39. The van der Waals surface area contributed by atoms with E-state index < -0.39 is 17.7 Å². The molecule has 44 heavy (non-hydrogen) atoms. The normalized spacial score (nSPS) is 12.0. The number of aromatic nitrogens is 2. The summed E-state index contributed by atoms with van der Waals surface area (Å²) in [6.45, 7) is 0. The number of rotatable bonds is 9. The molecule has 0 radical (unpaired) electrons. The first kappa shape index (κ1) is 28.6. The fraction of sp³-hybridized carbons (Fsp3) is 0.100. The SMILES string of the molecule is COc1cc(Nc2nc(N)c(-c3nc(-c4cccc(NC(=O)c5ccc6c(c5)C(=O)NC6=O)c4)cs3)s2)cc(OC)c1OC. The number of benzene rings is 3. The van der Waals surface area contributed by atoms with E-state index in [2.05, 4.69) is 20.9 Å². The van der Waals surface area contributed by atoms with E-state index in [9.17, 15) is 14.4 Å². The van der Waals surface area contributed by atoms with Crippen LogP contribution in [0.2, 0.25) is 0 Å². The zero-order chi connectivity index (χ0) is 31.0. The number of carbonyl (C=O) groups is 3. The second-order valence-corrected chi connectivity index (χ2v) is 11.2. The molecule has 5 aromatic rings. The third-order valence-electron chi connectivity index (χ3n) is 6.68. The lowest BCUT2D eigenvalue weighted by atomic mass is 10.1. The van der Waals surface area contributed by atoms with Crippen molar-refractivity contribution in [3.63, 3.8) is 0 Å². The number of imide groups is 1. The van der Waals surface area contributed by atoms with Gasteiger partial charge in [0.1, 0.15) is 15.7 Å². The summed E-state index contributed by atoms with van der Waals surface area (Å²) in [5, 5.41) is 11.5. The molecule has 0 saturated heterocycles. The van der Waals surface area contributed by atoms with Crippen molar-refractivity contribution >= 4 is 62.7 Å². The number of hydrogen-bond donors (Lipinski definition) is 4. The quantitative estimate of drug-likeness (QED) is 0.155. The number of nitrogens with zero attached hydrogens (tertiary/aromatic N) is 2. The van der Waals surface area contributed by atoms with Crippen LogP contribution in [0.25, 0.3) is 21.1 Å². The van der Waals surface area contributed by atoms with Gasteiger partial charge in [0.25, 0.3) is 17.7 Å². The van der Waals surface area contributed by atoms with Gasteiger partial charge < -0.3 is 30.6 Å². The van der Waals surface area contributed by atoms with Gasteiger partial charge in [0, 0.05) is 40.0 Å². The largest absolute Gasteiger partial charge is 0.493 e. The summed E-state index contributed by atoms with van der Waals surface area (Å²) in [6.07, 6.45) is 0. The highest BCUT2D eigenvalue weighted by atomic mass is 32.1. The van der Waals surface area contributed by atoms with Crippen molar-refractivity contribution in [1.82, 2.24) is 15.3 Å². The lowest BCUT2D eigenvalue weighted by Crippen LogP contribution is -2.19. The van der Waals surface area contributed by atoms with E-state index in [4.69, 9.17) is 24.9 Å². The van der Waals surface area contributed by atoms with E-state index in [0.29, 0.717) is 55.2 Å². The molecule has 1 aliphatic rings. The number of amides is 3. The van der Waals surface area contributed by atoms with Crippen molar-refractivity contribution in [1.29, 1.82) is 0 Å². The van der Waals surface area contributed by atoms with Crippen LogP contribution in [0.5, 0.6) is 17.2 Å². The van der Waals surface area contributed by atoms with Crippen molar-refractivity contribution < 1.29 is 28.6 Å². The number of fused-ring (bicyclic) bond motifs is 1. The van der Waals surface area contributed by atoms with Crippen LogP contribution in [0.1, 0.15) is 31.1 Å². The fourth-order valence-corrected chi connectivity index (χ4v) is 6.43. The number of hydrogen-bond acceptors (Lipinski definition) is 12. The smallest absolute Gasteiger partial charge is 0.258 e. The van der Waals surface area contributed by atoms with Crippen LogP contribution in [-0.4, -0.2) is 49.0 Å². The Kier molecular flexibility index (Phi) is 7.59. The molecule has 3 aromatic carbocycles. The Morgan fingerprint density at radius 2 is 1.64 bits per heavy atom. The van der Waals surface area contributed by atoms with E-state index in [1.54, 1.807) is 44.6 Å². The molecule has 14 heteroatoms. The molecule has 1 aliphatic heterocycles. The molecule has 2 aromatic heterocycles. The Morgan fingerprint density at radius 1 is 0.886 bits per heavy atom. The Morgan fingerprint density at radius 3 is 2.36 bits per heavy atom. The monoisotopic (exact) mass is 628 g/mol. The van der Waals surface area contributed by atoms with Crippen molar-refractivity contribution in [3.05, 3.63) is 76.7 Å². The van der Waals surface area contributed by atoms with Crippen LogP contribution in [0.15, 0.2) is 60.0 Å².